The second-order valence-corrected chi connectivity index (χ2v) is 10.1. The van der Waals surface area contributed by atoms with Crippen molar-refractivity contribution in [3.63, 3.8) is 0 Å². The normalized spacial score (nSPS) is 13.9. The number of imidazole rings is 1. The topological polar surface area (TPSA) is 132 Å². The lowest BCUT2D eigenvalue weighted by Gasteiger charge is -2.31. The average Bonchev–Trinajstić information content (AvgIpc) is 3.68. The number of anilines is 1. The number of benzene rings is 1. The molecule has 202 valence electrons. The number of esters is 1. The summed E-state index contributed by atoms with van der Waals surface area (Å²) in [5.74, 6) is -0.0769. The number of carbonyl (C=O) groups excluding carboxylic acids is 3. The van der Waals surface area contributed by atoms with Crippen LogP contribution in [-0.4, -0.2) is 62.1 Å². The molecule has 2 amide bonds. The van der Waals surface area contributed by atoms with Gasteiger partial charge in [-0.05, 0) is 26.7 Å². The fourth-order valence-corrected chi connectivity index (χ4v) is 5.55. The zero-order valence-corrected chi connectivity index (χ0v) is 22.7. The van der Waals surface area contributed by atoms with Crippen LogP contribution in [0.3, 0.4) is 0 Å². The van der Waals surface area contributed by atoms with Gasteiger partial charge in [-0.3, -0.25) is 9.59 Å². The molecule has 0 spiro atoms. The quantitative estimate of drug-likeness (QED) is 0.338. The van der Waals surface area contributed by atoms with E-state index < -0.39 is 11.9 Å². The highest BCUT2D eigenvalue weighted by molar-refractivity contribution is 7.10. The van der Waals surface area contributed by atoms with E-state index in [9.17, 15) is 14.4 Å². The van der Waals surface area contributed by atoms with Crippen LogP contribution in [-0.2, 0) is 11.8 Å². The van der Waals surface area contributed by atoms with Crippen molar-refractivity contribution in [2.24, 2.45) is 7.05 Å². The number of carbonyl (C=O) groups is 3. The molecule has 1 aliphatic heterocycles. The van der Waals surface area contributed by atoms with Crippen LogP contribution < -0.4 is 5.32 Å². The van der Waals surface area contributed by atoms with Crippen LogP contribution in [0.15, 0.2) is 46.4 Å². The Labute approximate surface area is 228 Å². The molecular weight excluding hydrogens is 520 g/mol. The van der Waals surface area contributed by atoms with Gasteiger partial charge in [0.2, 0.25) is 5.82 Å². The predicted molar refractivity (Wildman–Crippen MR) is 144 cm³/mol. The molecule has 1 aliphatic rings. The molecule has 3 aromatic heterocycles. The Kier molecular flexibility index (Phi) is 7.55. The molecule has 0 saturated carbocycles. The summed E-state index contributed by atoms with van der Waals surface area (Å²) < 4.78 is 11.9. The van der Waals surface area contributed by atoms with Gasteiger partial charge in [0.1, 0.15) is 22.7 Å². The predicted octanol–water partition coefficient (Wildman–Crippen LogP) is 4.29. The Morgan fingerprint density at radius 3 is 2.62 bits per heavy atom. The van der Waals surface area contributed by atoms with Crippen molar-refractivity contribution in [2.45, 2.75) is 32.6 Å². The number of thiazole rings is 1. The number of aryl methyl sites for hydroxylation is 2. The molecule has 1 N–H and O–H groups in total. The Morgan fingerprint density at radius 2 is 1.90 bits per heavy atom. The molecule has 4 aromatic rings. The molecule has 0 unspecified atom stereocenters. The number of nitrogens with one attached hydrogen (secondary N) is 1. The van der Waals surface area contributed by atoms with Gasteiger partial charge in [0.05, 0.1) is 11.6 Å². The molecule has 39 heavy (non-hydrogen) atoms. The van der Waals surface area contributed by atoms with E-state index in [2.05, 4.69) is 20.4 Å². The van der Waals surface area contributed by atoms with E-state index in [1.165, 1.54) is 15.9 Å². The summed E-state index contributed by atoms with van der Waals surface area (Å²) in [6.45, 7) is 4.83. The van der Waals surface area contributed by atoms with Crippen LogP contribution in [0.2, 0.25) is 0 Å². The minimum absolute atomic E-state index is 0.0946. The van der Waals surface area contributed by atoms with E-state index >= 15 is 0 Å². The van der Waals surface area contributed by atoms with Gasteiger partial charge in [-0.15, -0.1) is 11.3 Å². The number of ether oxygens (including phenoxy) is 1. The molecule has 4 heterocycles. The van der Waals surface area contributed by atoms with E-state index in [4.69, 9.17) is 9.26 Å². The highest BCUT2D eigenvalue weighted by Crippen LogP contribution is 2.33. The minimum Gasteiger partial charge on any atom is -0.460 e. The smallest absolute Gasteiger partial charge is 0.374 e. The molecule has 0 radical (unpaired) electrons. The molecule has 0 bridgehead atoms. The van der Waals surface area contributed by atoms with Crippen molar-refractivity contribution in [2.75, 3.05) is 25.0 Å². The first-order valence-electron chi connectivity index (χ1n) is 12.6. The Morgan fingerprint density at radius 1 is 1.15 bits per heavy atom. The summed E-state index contributed by atoms with van der Waals surface area (Å²) in [7, 11) is 1.65. The van der Waals surface area contributed by atoms with Gasteiger partial charge >= 0.3 is 5.97 Å². The number of amides is 2. The summed E-state index contributed by atoms with van der Waals surface area (Å²) in [6, 6.07) is 9.53. The fourth-order valence-electron chi connectivity index (χ4n) is 4.58. The Hall–Kier alpha value is -4.32. The molecular formula is C27H28N6O5S. The Bertz CT molecular complexity index is 1500. The zero-order chi connectivity index (χ0) is 27.5. The zero-order valence-electron chi connectivity index (χ0n) is 21.8. The van der Waals surface area contributed by atoms with E-state index in [1.54, 1.807) is 32.5 Å². The van der Waals surface area contributed by atoms with Crippen molar-refractivity contribution in [1.29, 1.82) is 0 Å². The number of nitrogens with zero attached hydrogens (tertiary/aromatic N) is 5. The minimum atomic E-state index is -0.559. The molecule has 11 nitrogen and oxygen atoms in total. The molecule has 0 aliphatic carbocycles. The number of hydrogen-bond donors (Lipinski definition) is 1. The largest absolute Gasteiger partial charge is 0.460 e. The second kappa shape index (κ2) is 11.2. The number of likely N-dealkylation sites (tertiary alicyclic amines) is 1. The van der Waals surface area contributed by atoms with Gasteiger partial charge in [-0.2, -0.15) is 0 Å². The third-order valence-corrected chi connectivity index (χ3v) is 7.59. The molecule has 12 heteroatoms. The summed E-state index contributed by atoms with van der Waals surface area (Å²) in [4.78, 5) is 48.7. The number of piperidine rings is 1. The van der Waals surface area contributed by atoms with Crippen LogP contribution >= 0.6 is 11.3 Å². The highest BCUT2D eigenvalue weighted by Gasteiger charge is 2.31. The van der Waals surface area contributed by atoms with E-state index in [0.29, 0.717) is 30.1 Å². The first-order valence-corrected chi connectivity index (χ1v) is 13.5. The maximum Gasteiger partial charge on any atom is 0.374 e. The van der Waals surface area contributed by atoms with Crippen molar-refractivity contribution in [1.82, 2.24) is 24.6 Å². The highest BCUT2D eigenvalue weighted by atomic mass is 32.1. The standard InChI is InChI=1S/C27H28N6O5S/c1-4-37-27(36)23-29-20(14-32(23)3)30-24(34)19-15-39-25(28-19)18-10-12-33(13-11-18)26(35)21-16(2)38-31-22(21)17-8-6-5-7-9-17/h5-9,14-15,18H,4,10-13H2,1-3H3,(H,30,34). The van der Waals surface area contributed by atoms with Crippen molar-refractivity contribution < 1.29 is 23.6 Å². The van der Waals surface area contributed by atoms with Gasteiger partial charge in [0, 0.05) is 43.2 Å². The monoisotopic (exact) mass is 548 g/mol. The lowest BCUT2D eigenvalue weighted by molar-refractivity contribution is 0.0507. The number of rotatable bonds is 7. The third-order valence-electron chi connectivity index (χ3n) is 6.59. The summed E-state index contributed by atoms with van der Waals surface area (Å²) in [6.07, 6.45) is 3.01. The van der Waals surface area contributed by atoms with Crippen molar-refractivity contribution >= 4 is 34.9 Å². The average molecular weight is 549 g/mol. The first kappa shape index (κ1) is 26.3. The van der Waals surface area contributed by atoms with Crippen molar-refractivity contribution in [3.05, 3.63) is 69.8 Å². The fraction of sp³-hybridized carbons (Fsp3) is 0.333. The first-order chi connectivity index (χ1) is 18.9. The second-order valence-electron chi connectivity index (χ2n) is 9.20. The lowest BCUT2D eigenvalue weighted by Crippen LogP contribution is -2.38. The van der Waals surface area contributed by atoms with Gasteiger partial charge in [-0.25, -0.2) is 14.8 Å². The SMILES string of the molecule is CCOC(=O)c1nc(NC(=O)c2csc(C3CCN(C(=O)c4c(-c5ccccc5)noc4C)CC3)n2)cn1C. The molecule has 1 saturated heterocycles. The van der Waals surface area contributed by atoms with Gasteiger partial charge < -0.3 is 24.0 Å². The molecule has 1 fully saturated rings. The summed E-state index contributed by atoms with van der Waals surface area (Å²) >= 11 is 1.42. The van der Waals surface area contributed by atoms with Crippen LogP contribution in [0, 0.1) is 6.92 Å². The van der Waals surface area contributed by atoms with Crippen molar-refractivity contribution in [3.8, 4) is 11.3 Å². The third kappa shape index (κ3) is 5.46. The van der Waals surface area contributed by atoms with Gasteiger partial charge in [-0.1, -0.05) is 35.5 Å². The summed E-state index contributed by atoms with van der Waals surface area (Å²) in [5, 5.41) is 9.40. The van der Waals surface area contributed by atoms with Crippen LogP contribution in [0.1, 0.15) is 67.9 Å². The summed E-state index contributed by atoms with van der Waals surface area (Å²) in [5.41, 5.74) is 2.17. The molecule has 1 aromatic carbocycles. The van der Waals surface area contributed by atoms with E-state index in [-0.39, 0.29) is 35.8 Å². The lowest BCUT2D eigenvalue weighted by atomic mass is 9.96. The van der Waals surface area contributed by atoms with Crippen LogP contribution in [0.4, 0.5) is 5.82 Å². The molecule has 0 atom stereocenters. The number of hydrogen-bond acceptors (Lipinski definition) is 9. The molecule has 5 rings (SSSR count). The maximum absolute atomic E-state index is 13.4. The van der Waals surface area contributed by atoms with Crippen LogP contribution in [0.5, 0.6) is 0 Å². The van der Waals surface area contributed by atoms with E-state index in [1.807, 2.05) is 35.2 Å². The number of aromatic nitrogens is 4. The van der Waals surface area contributed by atoms with Gasteiger partial charge in [0.15, 0.2) is 5.82 Å². The van der Waals surface area contributed by atoms with E-state index in [0.717, 1.165) is 23.4 Å². The maximum atomic E-state index is 13.4. The van der Waals surface area contributed by atoms with Crippen LogP contribution in [0.25, 0.3) is 11.3 Å². The van der Waals surface area contributed by atoms with Gasteiger partial charge in [0.25, 0.3) is 11.8 Å². The Balaban J connectivity index is 1.21.